The van der Waals surface area contributed by atoms with Crippen LogP contribution in [-0.2, 0) is 4.79 Å². The second kappa shape index (κ2) is 44.4. The van der Waals surface area contributed by atoms with E-state index in [0.717, 1.165) is 51.4 Å². The molecule has 328 valence electrons. The van der Waals surface area contributed by atoms with Gasteiger partial charge in [0, 0.05) is 0 Å². The Labute approximate surface area is 347 Å². The molecule has 0 spiro atoms. The van der Waals surface area contributed by atoms with Gasteiger partial charge in [0.25, 0.3) is 0 Å². The van der Waals surface area contributed by atoms with Crippen molar-refractivity contribution in [1.29, 1.82) is 0 Å². The Morgan fingerprint density at radius 2 is 0.804 bits per heavy atom. The number of unbranched alkanes of at least 4 members (excludes halogenated alkanes) is 26. The van der Waals surface area contributed by atoms with Gasteiger partial charge in [0.1, 0.15) is 12.2 Å². The van der Waals surface area contributed by atoms with Crippen LogP contribution in [0.25, 0.3) is 0 Å². The van der Waals surface area contributed by atoms with Crippen LogP contribution in [0.15, 0.2) is 48.6 Å². The first-order valence-corrected chi connectivity index (χ1v) is 24.0. The molecular weight excluding hydrogens is 695 g/mol. The predicted molar refractivity (Wildman–Crippen MR) is 242 cm³/mol. The Bertz CT molecular complexity index is 930. The summed E-state index contributed by atoms with van der Waals surface area (Å²) in [6, 6.07) is -1.01. The van der Waals surface area contributed by atoms with Gasteiger partial charge in [-0.05, 0) is 83.5 Å². The zero-order valence-electron chi connectivity index (χ0n) is 36.9. The zero-order chi connectivity index (χ0) is 41.0. The van der Waals surface area contributed by atoms with E-state index in [2.05, 4.69) is 67.8 Å². The molecule has 0 aromatic heterocycles. The van der Waals surface area contributed by atoms with E-state index in [1.165, 1.54) is 148 Å². The van der Waals surface area contributed by atoms with Gasteiger partial charge >= 0.3 is 0 Å². The predicted octanol–water partition coefficient (Wildman–Crippen LogP) is 13.1. The largest absolute Gasteiger partial charge is 0.394 e. The van der Waals surface area contributed by atoms with Gasteiger partial charge in [0.05, 0.1) is 18.8 Å². The van der Waals surface area contributed by atoms with E-state index in [9.17, 15) is 25.2 Å². The van der Waals surface area contributed by atoms with Crippen LogP contribution < -0.4 is 5.32 Å². The molecule has 0 heterocycles. The molecular formula is C50H93NO5. The van der Waals surface area contributed by atoms with Crippen LogP contribution in [0.4, 0.5) is 0 Å². The summed E-state index contributed by atoms with van der Waals surface area (Å²) in [5, 5.41) is 43.7. The Hall–Kier alpha value is -1.73. The van der Waals surface area contributed by atoms with Gasteiger partial charge in [-0.3, -0.25) is 4.79 Å². The lowest BCUT2D eigenvalue weighted by Gasteiger charge is -2.27. The number of hydrogen-bond donors (Lipinski definition) is 5. The lowest BCUT2D eigenvalue weighted by Crippen LogP contribution is -2.53. The molecule has 0 aromatic rings. The fourth-order valence-corrected chi connectivity index (χ4v) is 7.16. The molecule has 0 fully saturated rings. The van der Waals surface area contributed by atoms with E-state index in [0.29, 0.717) is 19.3 Å². The molecule has 4 atom stereocenters. The molecule has 6 nitrogen and oxygen atoms in total. The molecule has 0 bridgehead atoms. The van der Waals surface area contributed by atoms with Gasteiger partial charge < -0.3 is 25.7 Å². The zero-order valence-corrected chi connectivity index (χ0v) is 36.9. The Morgan fingerprint density at radius 1 is 0.446 bits per heavy atom. The molecule has 1 amide bonds. The van der Waals surface area contributed by atoms with Crippen molar-refractivity contribution in [2.45, 2.75) is 257 Å². The number of aliphatic hydroxyl groups is 4. The summed E-state index contributed by atoms with van der Waals surface area (Å²) >= 11 is 0. The number of nitrogens with one attached hydrogen (secondary N) is 1. The highest BCUT2D eigenvalue weighted by Gasteiger charge is 2.28. The minimum absolute atomic E-state index is 0.352. The minimum Gasteiger partial charge on any atom is -0.394 e. The van der Waals surface area contributed by atoms with Crippen molar-refractivity contribution in [3.63, 3.8) is 0 Å². The molecule has 0 aliphatic carbocycles. The van der Waals surface area contributed by atoms with Crippen LogP contribution in [-0.4, -0.2) is 57.3 Å². The highest BCUT2D eigenvalue weighted by Crippen LogP contribution is 2.15. The Balaban J connectivity index is 3.77. The van der Waals surface area contributed by atoms with E-state index in [-0.39, 0.29) is 0 Å². The number of allylic oxidation sites excluding steroid dienone is 8. The first-order valence-electron chi connectivity index (χ1n) is 24.0. The quantitative estimate of drug-likeness (QED) is 0.0312. The highest BCUT2D eigenvalue weighted by atomic mass is 16.3. The smallest absolute Gasteiger partial charge is 0.249 e. The van der Waals surface area contributed by atoms with Crippen molar-refractivity contribution in [3.05, 3.63) is 48.6 Å². The lowest BCUT2D eigenvalue weighted by atomic mass is 10.00. The van der Waals surface area contributed by atoms with E-state index in [1.807, 2.05) is 0 Å². The maximum atomic E-state index is 12.5. The summed E-state index contributed by atoms with van der Waals surface area (Å²) in [5.41, 5.74) is 0. The van der Waals surface area contributed by atoms with Gasteiger partial charge in [0.2, 0.25) is 5.91 Å². The van der Waals surface area contributed by atoms with Crippen LogP contribution in [0, 0.1) is 0 Å². The van der Waals surface area contributed by atoms with Gasteiger partial charge in [-0.2, -0.15) is 0 Å². The maximum absolute atomic E-state index is 12.5. The third-order valence-corrected chi connectivity index (χ3v) is 11.0. The molecule has 0 rings (SSSR count). The first-order chi connectivity index (χ1) is 27.5. The summed E-state index contributed by atoms with van der Waals surface area (Å²) in [5.74, 6) is -0.603. The van der Waals surface area contributed by atoms with Crippen LogP contribution in [0.3, 0.4) is 0 Å². The number of carbonyl (C=O) groups is 1. The maximum Gasteiger partial charge on any atom is 0.249 e. The lowest BCUT2D eigenvalue weighted by molar-refractivity contribution is -0.132. The summed E-state index contributed by atoms with van der Waals surface area (Å²) in [6.07, 6.45) is 54.3. The van der Waals surface area contributed by atoms with Crippen LogP contribution in [0.2, 0.25) is 0 Å². The third-order valence-electron chi connectivity index (χ3n) is 11.0. The first kappa shape index (κ1) is 54.3. The third kappa shape index (κ3) is 37.8. The molecule has 0 saturated carbocycles. The summed E-state index contributed by atoms with van der Waals surface area (Å²) in [7, 11) is 0. The van der Waals surface area contributed by atoms with E-state index >= 15 is 0 Å². The Kier molecular flexibility index (Phi) is 43.0. The second-order valence-corrected chi connectivity index (χ2v) is 16.4. The van der Waals surface area contributed by atoms with Crippen LogP contribution in [0.5, 0.6) is 0 Å². The molecule has 5 N–H and O–H groups in total. The average molecular weight is 788 g/mol. The number of aliphatic hydroxyl groups excluding tert-OH is 4. The van der Waals surface area contributed by atoms with Gasteiger partial charge in [-0.1, -0.05) is 197 Å². The van der Waals surface area contributed by atoms with Crippen molar-refractivity contribution < 1.29 is 25.2 Å². The van der Waals surface area contributed by atoms with E-state index in [4.69, 9.17) is 0 Å². The number of carbonyl (C=O) groups excluding carboxylic acids is 1. The molecule has 4 unspecified atom stereocenters. The normalized spacial score (nSPS) is 14.5. The molecule has 0 saturated heterocycles. The Morgan fingerprint density at radius 3 is 1.23 bits per heavy atom. The minimum atomic E-state index is -1.29. The fourth-order valence-electron chi connectivity index (χ4n) is 7.16. The summed E-state index contributed by atoms with van der Waals surface area (Å²) in [4.78, 5) is 12.5. The van der Waals surface area contributed by atoms with Gasteiger partial charge in [-0.15, -0.1) is 0 Å². The fraction of sp³-hybridized carbons (Fsp3) is 0.820. The molecule has 0 radical (unpaired) electrons. The topological polar surface area (TPSA) is 110 Å². The standard InChI is InChI=1S/C50H93NO5/c1-3-5-7-9-11-13-15-17-19-21-22-23-24-25-26-27-28-30-32-34-36-38-40-42-44-48(54)50(56)51-46(45-52)49(55)47(53)43-41-39-37-35-33-31-29-20-18-16-14-12-10-8-6-4-2/h20,22-23,25-26,29,35,37,46-49,52-55H,3-19,21,24,27-28,30-34,36,38-45H2,1-2H3,(H,51,56)/b23-22-,26-25-,29-20+,37-35+. The summed E-state index contributed by atoms with van der Waals surface area (Å²) < 4.78 is 0. The average Bonchev–Trinajstić information content (AvgIpc) is 3.20. The molecule has 0 aromatic carbocycles. The number of hydrogen-bond acceptors (Lipinski definition) is 5. The number of amides is 1. The van der Waals surface area contributed by atoms with Gasteiger partial charge in [-0.25, -0.2) is 0 Å². The van der Waals surface area contributed by atoms with Crippen molar-refractivity contribution >= 4 is 5.91 Å². The monoisotopic (exact) mass is 788 g/mol. The number of rotatable bonds is 43. The van der Waals surface area contributed by atoms with E-state index < -0.39 is 36.9 Å². The molecule has 0 aliphatic heterocycles. The molecule has 0 aliphatic rings. The van der Waals surface area contributed by atoms with Crippen LogP contribution in [0.1, 0.15) is 232 Å². The summed E-state index contributed by atoms with van der Waals surface area (Å²) in [6.45, 7) is 4.03. The van der Waals surface area contributed by atoms with Crippen LogP contribution >= 0.6 is 0 Å². The highest BCUT2D eigenvalue weighted by molar-refractivity contribution is 5.80. The molecule has 56 heavy (non-hydrogen) atoms. The van der Waals surface area contributed by atoms with Gasteiger partial charge in [0.15, 0.2) is 0 Å². The van der Waals surface area contributed by atoms with Crippen molar-refractivity contribution in [1.82, 2.24) is 5.32 Å². The SMILES string of the molecule is CCCCCCCCC/C=C/CC/C=C/CCCC(O)C(O)C(CO)NC(=O)C(O)CCCCCCCCCC/C=C\C/C=C\CCCCCCCCCCC. The van der Waals surface area contributed by atoms with Crippen molar-refractivity contribution in [2.75, 3.05) is 6.61 Å². The van der Waals surface area contributed by atoms with Crippen molar-refractivity contribution in [2.24, 2.45) is 0 Å². The van der Waals surface area contributed by atoms with Crippen molar-refractivity contribution in [3.8, 4) is 0 Å². The molecule has 6 heteroatoms. The second-order valence-electron chi connectivity index (χ2n) is 16.4. The van der Waals surface area contributed by atoms with E-state index in [1.54, 1.807) is 0 Å².